The van der Waals surface area contributed by atoms with Crippen LogP contribution in [0, 0.1) is 0 Å². The Morgan fingerprint density at radius 3 is 2.53 bits per heavy atom. The molecule has 1 aromatic carbocycles. The number of methoxy groups -OCH3 is 1. The average molecular weight is 268 g/mol. The number of imidazole rings is 1. The van der Waals surface area contributed by atoms with E-state index in [-0.39, 0.29) is 0 Å². The van der Waals surface area contributed by atoms with Crippen molar-refractivity contribution in [2.75, 3.05) is 7.11 Å². The van der Waals surface area contributed by atoms with Crippen molar-refractivity contribution in [2.24, 2.45) is 7.05 Å². The third-order valence-corrected chi connectivity index (χ3v) is 3.92. The van der Waals surface area contributed by atoms with Gasteiger partial charge < -0.3 is 0 Å². The van der Waals surface area contributed by atoms with Gasteiger partial charge in [0.15, 0.2) is 0 Å². The Bertz CT molecular complexity index is 436. The van der Waals surface area contributed by atoms with Crippen LogP contribution in [0.15, 0.2) is 43.0 Å². The van der Waals surface area contributed by atoms with Crippen LogP contribution in [0.1, 0.15) is 0 Å². The molecular formula is C11H13N2OSe+. The Balaban J connectivity index is 2.11. The van der Waals surface area contributed by atoms with Crippen molar-refractivity contribution in [1.82, 2.24) is 3.58 Å². The van der Waals surface area contributed by atoms with Gasteiger partial charge in [-0.2, -0.15) is 0 Å². The quantitative estimate of drug-likeness (QED) is 0.571. The number of nitrogens with zero attached hydrogens (tertiary/aromatic N) is 2. The van der Waals surface area contributed by atoms with E-state index < -0.39 is 0 Å². The SMILES string of the molecule is COc1ccc([Se]n2cc[n+](C)c2)cc1. The van der Waals surface area contributed by atoms with E-state index in [1.807, 2.05) is 29.9 Å². The Hall–Kier alpha value is -1.25. The molecule has 0 atom stereocenters. The Labute approximate surface area is 95.7 Å². The topological polar surface area (TPSA) is 18.0 Å². The van der Waals surface area contributed by atoms with Gasteiger partial charge in [0.1, 0.15) is 0 Å². The van der Waals surface area contributed by atoms with E-state index in [0.29, 0.717) is 15.2 Å². The molecule has 0 fully saturated rings. The van der Waals surface area contributed by atoms with E-state index >= 15 is 0 Å². The second-order valence-corrected chi connectivity index (χ2v) is 5.46. The molecule has 0 bridgehead atoms. The molecule has 3 nitrogen and oxygen atoms in total. The summed E-state index contributed by atoms with van der Waals surface area (Å²) in [5.74, 6) is 0.910. The van der Waals surface area contributed by atoms with Crippen molar-refractivity contribution >= 4 is 19.6 Å². The monoisotopic (exact) mass is 269 g/mol. The minimum atomic E-state index is 0.313. The molecular weight excluding hydrogens is 255 g/mol. The van der Waals surface area contributed by atoms with Crippen molar-refractivity contribution in [1.29, 1.82) is 0 Å². The van der Waals surface area contributed by atoms with Gasteiger partial charge in [-0.05, 0) is 0 Å². The van der Waals surface area contributed by atoms with Crippen LogP contribution in [-0.4, -0.2) is 25.9 Å². The molecule has 4 heteroatoms. The molecule has 0 saturated carbocycles. The molecule has 0 unspecified atom stereocenters. The molecule has 2 aromatic rings. The van der Waals surface area contributed by atoms with Crippen molar-refractivity contribution < 1.29 is 9.30 Å². The molecule has 0 aliphatic rings. The van der Waals surface area contributed by atoms with Crippen LogP contribution < -0.4 is 13.8 Å². The van der Waals surface area contributed by atoms with Gasteiger partial charge in [0.2, 0.25) is 0 Å². The predicted molar refractivity (Wildman–Crippen MR) is 59.4 cm³/mol. The number of benzene rings is 1. The van der Waals surface area contributed by atoms with E-state index in [1.165, 1.54) is 4.46 Å². The van der Waals surface area contributed by atoms with Gasteiger partial charge in [-0.25, -0.2) is 0 Å². The van der Waals surface area contributed by atoms with E-state index in [4.69, 9.17) is 4.74 Å². The zero-order valence-electron chi connectivity index (χ0n) is 8.75. The summed E-state index contributed by atoms with van der Waals surface area (Å²) in [7, 11) is 3.71. The fraction of sp³-hybridized carbons (Fsp3) is 0.182. The van der Waals surface area contributed by atoms with Crippen LogP contribution in [0.5, 0.6) is 5.75 Å². The number of ether oxygens (including phenoxy) is 1. The van der Waals surface area contributed by atoms with Gasteiger partial charge in [0.25, 0.3) is 0 Å². The van der Waals surface area contributed by atoms with Crippen molar-refractivity contribution in [3.8, 4) is 5.75 Å². The summed E-state index contributed by atoms with van der Waals surface area (Å²) in [4.78, 5) is 0. The summed E-state index contributed by atoms with van der Waals surface area (Å²) in [6.07, 6.45) is 6.22. The van der Waals surface area contributed by atoms with Crippen LogP contribution in [0.2, 0.25) is 0 Å². The van der Waals surface area contributed by atoms with Gasteiger partial charge >= 0.3 is 95.4 Å². The zero-order chi connectivity index (χ0) is 10.7. The molecule has 0 saturated heterocycles. The predicted octanol–water partition coefficient (Wildman–Crippen LogP) is 0.114. The van der Waals surface area contributed by atoms with Crippen molar-refractivity contribution in [2.45, 2.75) is 0 Å². The summed E-state index contributed by atoms with van der Waals surface area (Å²) in [5, 5.41) is 0. The first-order valence-electron chi connectivity index (χ1n) is 4.63. The number of hydrogen-bond acceptors (Lipinski definition) is 1. The fourth-order valence-electron chi connectivity index (χ4n) is 1.24. The minimum absolute atomic E-state index is 0.313. The molecule has 0 N–H and O–H groups in total. The summed E-state index contributed by atoms with van der Waals surface area (Å²) in [6.45, 7) is 0. The number of rotatable bonds is 3. The first-order chi connectivity index (χ1) is 7.28. The second-order valence-electron chi connectivity index (χ2n) is 3.21. The first kappa shape index (κ1) is 10.3. The van der Waals surface area contributed by atoms with Crippen molar-refractivity contribution in [3.05, 3.63) is 43.0 Å². The molecule has 2 rings (SSSR count). The first-order valence-corrected chi connectivity index (χ1v) is 6.26. The number of aromatic nitrogens is 2. The Morgan fingerprint density at radius 1 is 1.27 bits per heavy atom. The molecule has 0 aliphatic carbocycles. The van der Waals surface area contributed by atoms with Crippen molar-refractivity contribution in [3.63, 3.8) is 0 Å². The maximum atomic E-state index is 5.12. The van der Waals surface area contributed by atoms with Crippen LogP contribution >= 0.6 is 0 Å². The molecule has 0 spiro atoms. The Morgan fingerprint density at radius 2 is 2.00 bits per heavy atom. The van der Waals surface area contributed by atoms with E-state index in [1.54, 1.807) is 7.11 Å². The molecule has 0 amide bonds. The standard InChI is InChI=1S/C11H13N2OSe/c1-12-7-8-13(9-12)15-11-5-3-10(14-2)4-6-11/h3-9H,1-2H3/q+1. The van der Waals surface area contributed by atoms with Gasteiger partial charge in [0.05, 0.1) is 0 Å². The summed E-state index contributed by atoms with van der Waals surface area (Å²) in [5.41, 5.74) is 0. The normalized spacial score (nSPS) is 10.3. The third kappa shape index (κ3) is 2.61. The van der Waals surface area contributed by atoms with Crippen LogP contribution in [0.4, 0.5) is 0 Å². The number of hydrogen-bond donors (Lipinski definition) is 0. The average Bonchev–Trinajstić information content (AvgIpc) is 2.65. The summed E-state index contributed by atoms with van der Waals surface area (Å²) >= 11 is 0.313. The van der Waals surface area contributed by atoms with Gasteiger partial charge in [0, 0.05) is 0 Å². The second kappa shape index (κ2) is 4.51. The van der Waals surface area contributed by atoms with Crippen LogP contribution in [0.3, 0.4) is 0 Å². The summed E-state index contributed by atoms with van der Waals surface area (Å²) < 4.78 is 10.7. The molecule has 15 heavy (non-hydrogen) atoms. The molecule has 0 aliphatic heterocycles. The Kier molecular flexibility index (Phi) is 3.09. The molecule has 1 aromatic heterocycles. The van der Waals surface area contributed by atoms with Gasteiger partial charge in [-0.1, -0.05) is 0 Å². The molecule has 1 heterocycles. The van der Waals surface area contributed by atoms with Gasteiger partial charge in [-0.15, -0.1) is 0 Å². The fourth-order valence-corrected chi connectivity index (χ4v) is 2.94. The van der Waals surface area contributed by atoms with E-state index in [9.17, 15) is 0 Å². The third-order valence-electron chi connectivity index (χ3n) is 2.01. The zero-order valence-corrected chi connectivity index (χ0v) is 10.5. The van der Waals surface area contributed by atoms with E-state index in [2.05, 4.69) is 28.2 Å². The van der Waals surface area contributed by atoms with E-state index in [0.717, 1.165) is 5.75 Å². The van der Waals surface area contributed by atoms with Crippen LogP contribution in [-0.2, 0) is 7.05 Å². The molecule has 78 valence electrons. The van der Waals surface area contributed by atoms with Gasteiger partial charge in [-0.3, -0.25) is 0 Å². The molecule has 0 radical (unpaired) electrons. The number of aryl methyl sites for hydroxylation is 1. The maximum absolute atomic E-state index is 5.12. The van der Waals surface area contributed by atoms with Crippen LogP contribution in [0.25, 0.3) is 0 Å². The summed E-state index contributed by atoms with van der Waals surface area (Å²) in [6, 6.07) is 8.22.